The quantitative estimate of drug-likeness (QED) is 0.818. The third-order valence-corrected chi connectivity index (χ3v) is 6.86. The highest BCUT2D eigenvalue weighted by Gasteiger charge is 2.51. The van der Waals surface area contributed by atoms with Crippen molar-refractivity contribution in [3.05, 3.63) is 10.6 Å². The summed E-state index contributed by atoms with van der Waals surface area (Å²) in [7, 11) is 0. The lowest BCUT2D eigenvalue weighted by atomic mass is 9.53. The van der Waals surface area contributed by atoms with Gasteiger partial charge in [-0.05, 0) is 70.1 Å². The summed E-state index contributed by atoms with van der Waals surface area (Å²) in [5, 5.41) is 6.24. The highest BCUT2D eigenvalue weighted by Crippen LogP contribution is 2.55. The Morgan fingerprint density at radius 1 is 1.04 bits per heavy atom. The van der Waals surface area contributed by atoms with E-state index in [2.05, 4.69) is 15.6 Å². The number of rotatable bonds is 2. The molecule has 4 fully saturated rings. The zero-order chi connectivity index (χ0) is 16.2. The Hall–Kier alpha value is -1.43. The number of aryl methyl sites for hydroxylation is 2. The van der Waals surface area contributed by atoms with E-state index in [1.165, 1.54) is 30.6 Å². The van der Waals surface area contributed by atoms with Gasteiger partial charge in [0.15, 0.2) is 5.13 Å². The summed E-state index contributed by atoms with van der Waals surface area (Å²) in [6.45, 7) is 3.86. The molecule has 23 heavy (non-hydrogen) atoms. The van der Waals surface area contributed by atoms with Crippen LogP contribution in [0, 0.1) is 31.6 Å². The van der Waals surface area contributed by atoms with Gasteiger partial charge < -0.3 is 5.32 Å². The van der Waals surface area contributed by atoms with Crippen molar-refractivity contribution in [1.82, 2.24) is 10.3 Å². The second kappa shape index (κ2) is 5.30. The highest BCUT2D eigenvalue weighted by atomic mass is 32.1. The van der Waals surface area contributed by atoms with Crippen LogP contribution in [0.2, 0.25) is 0 Å². The van der Waals surface area contributed by atoms with Crippen molar-refractivity contribution < 1.29 is 9.59 Å². The molecule has 4 aliphatic carbocycles. The van der Waals surface area contributed by atoms with Crippen LogP contribution < -0.4 is 10.6 Å². The van der Waals surface area contributed by atoms with Gasteiger partial charge in [-0.2, -0.15) is 0 Å². The number of carbonyl (C=O) groups is 2. The van der Waals surface area contributed by atoms with Crippen LogP contribution in [0.25, 0.3) is 0 Å². The van der Waals surface area contributed by atoms with Gasteiger partial charge in [0.25, 0.3) is 0 Å². The molecular formula is C17H23N3O2S. The Kier molecular flexibility index (Phi) is 3.48. The predicted molar refractivity (Wildman–Crippen MR) is 89.3 cm³/mol. The normalized spacial score (nSPS) is 34.4. The molecule has 0 saturated heterocycles. The summed E-state index contributed by atoms with van der Waals surface area (Å²) in [5.74, 6) is 1.14. The van der Waals surface area contributed by atoms with Crippen molar-refractivity contribution in [3.8, 4) is 0 Å². The first kappa shape index (κ1) is 15.1. The zero-order valence-electron chi connectivity index (χ0n) is 13.6. The van der Waals surface area contributed by atoms with Crippen molar-refractivity contribution >= 4 is 28.3 Å². The van der Waals surface area contributed by atoms with Gasteiger partial charge in [-0.15, -0.1) is 11.3 Å². The number of anilines is 1. The summed E-state index contributed by atoms with van der Waals surface area (Å²) in [6, 6.07) is 0. The van der Waals surface area contributed by atoms with Crippen LogP contribution in [0.5, 0.6) is 0 Å². The third kappa shape index (κ3) is 2.77. The number of aromatic nitrogens is 1. The van der Waals surface area contributed by atoms with Gasteiger partial charge >= 0.3 is 11.8 Å². The van der Waals surface area contributed by atoms with Crippen LogP contribution in [0.15, 0.2) is 0 Å². The zero-order valence-corrected chi connectivity index (χ0v) is 14.5. The lowest BCUT2D eigenvalue weighted by Gasteiger charge is -2.56. The molecule has 4 bridgehead atoms. The summed E-state index contributed by atoms with van der Waals surface area (Å²) < 4.78 is 0. The molecule has 0 aliphatic heterocycles. The van der Waals surface area contributed by atoms with E-state index >= 15 is 0 Å². The Bertz CT molecular complexity index is 612. The lowest BCUT2D eigenvalue weighted by molar-refractivity contribution is -0.139. The van der Waals surface area contributed by atoms with Gasteiger partial charge in [0.1, 0.15) is 0 Å². The van der Waals surface area contributed by atoms with E-state index in [4.69, 9.17) is 0 Å². The Morgan fingerprint density at radius 2 is 1.61 bits per heavy atom. The number of carbonyl (C=O) groups excluding carboxylic acids is 2. The molecule has 5 nitrogen and oxygen atoms in total. The fraction of sp³-hybridized carbons (Fsp3) is 0.706. The highest BCUT2D eigenvalue weighted by molar-refractivity contribution is 7.15. The monoisotopic (exact) mass is 333 g/mol. The van der Waals surface area contributed by atoms with Crippen LogP contribution >= 0.6 is 11.3 Å². The molecule has 6 heteroatoms. The first-order valence-corrected chi connectivity index (χ1v) is 9.32. The molecular weight excluding hydrogens is 310 g/mol. The SMILES string of the molecule is Cc1nc(NC(=O)C(=O)NC23CC4CC(CC(C4)C2)C3)sc1C. The largest absolute Gasteiger partial charge is 0.342 e. The molecule has 2 amide bonds. The standard InChI is InChI=1S/C17H23N3O2S/c1-9-10(2)23-16(18-9)19-14(21)15(22)20-17-6-11-3-12(7-17)5-13(4-11)8-17/h11-13H,3-8H2,1-2H3,(H,20,22)(H,18,19,21). The van der Waals surface area contributed by atoms with Gasteiger partial charge in [-0.1, -0.05) is 0 Å². The number of hydrogen-bond donors (Lipinski definition) is 2. The van der Waals surface area contributed by atoms with Gasteiger partial charge in [0.05, 0.1) is 5.69 Å². The van der Waals surface area contributed by atoms with Crippen molar-refractivity contribution in [2.45, 2.75) is 57.9 Å². The van der Waals surface area contributed by atoms with Crippen molar-refractivity contribution in [2.75, 3.05) is 5.32 Å². The molecule has 5 rings (SSSR count). The number of amides is 2. The Morgan fingerprint density at radius 3 is 2.09 bits per heavy atom. The topological polar surface area (TPSA) is 71.1 Å². The van der Waals surface area contributed by atoms with E-state index < -0.39 is 11.8 Å². The number of hydrogen-bond acceptors (Lipinski definition) is 4. The van der Waals surface area contributed by atoms with Crippen molar-refractivity contribution in [1.29, 1.82) is 0 Å². The molecule has 0 spiro atoms. The lowest BCUT2D eigenvalue weighted by Crippen LogP contribution is -2.61. The molecule has 4 saturated carbocycles. The molecule has 1 aromatic rings. The maximum absolute atomic E-state index is 12.4. The molecule has 2 N–H and O–H groups in total. The van der Waals surface area contributed by atoms with Crippen LogP contribution in [-0.2, 0) is 9.59 Å². The maximum Gasteiger partial charge on any atom is 0.315 e. The van der Waals surface area contributed by atoms with Crippen LogP contribution in [0.4, 0.5) is 5.13 Å². The van der Waals surface area contributed by atoms with E-state index in [0.29, 0.717) is 5.13 Å². The number of nitrogens with zero attached hydrogens (tertiary/aromatic N) is 1. The smallest absolute Gasteiger partial charge is 0.315 e. The minimum absolute atomic E-state index is 0.127. The average Bonchev–Trinajstić information content (AvgIpc) is 2.75. The third-order valence-electron chi connectivity index (χ3n) is 5.87. The van der Waals surface area contributed by atoms with Gasteiger partial charge in [0.2, 0.25) is 0 Å². The molecule has 0 radical (unpaired) electrons. The van der Waals surface area contributed by atoms with E-state index in [-0.39, 0.29) is 5.54 Å². The fourth-order valence-electron chi connectivity index (χ4n) is 5.24. The van der Waals surface area contributed by atoms with Gasteiger partial charge in [0, 0.05) is 10.4 Å². The van der Waals surface area contributed by atoms with Crippen LogP contribution in [-0.4, -0.2) is 22.3 Å². The van der Waals surface area contributed by atoms with E-state index in [9.17, 15) is 9.59 Å². The molecule has 124 valence electrons. The minimum atomic E-state index is -0.588. The Balaban J connectivity index is 1.42. The summed E-state index contributed by atoms with van der Waals surface area (Å²) >= 11 is 1.41. The molecule has 1 heterocycles. The van der Waals surface area contributed by atoms with Crippen molar-refractivity contribution in [3.63, 3.8) is 0 Å². The first-order chi connectivity index (χ1) is 10.9. The second-order valence-corrected chi connectivity index (χ2v) is 8.97. The molecule has 4 aliphatic rings. The minimum Gasteiger partial charge on any atom is -0.342 e. The Labute approximate surface area is 140 Å². The van der Waals surface area contributed by atoms with Gasteiger partial charge in [-0.3, -0.25) is 14.9 Å². The van der Waals surface area contributed by atoms with Crippen LogP contribution in [0.3, 0.4) is 0 Å². The van der Waals surface area contributed by atoms with E-state index in [1.807, 2.05) is 13.8 Å². The van der Waals surface area contributed by atoms with E-state index in [1.54, 1.807) is 0 Å². The second-order valence-electron chi connectivity index (χ2n) is 7.77. The fourth-order valence-corrected chi connectivity index (χ4v) is 6.05. The average molecular weight is 333 g/mol. The maximum atomic E-state index is 12.4. The number of nitrogens with one attached hydrogen (secondary N) is 2. The first-order valence-electron chi connectivity index (χ1n) is 8.50. The molecule has 0 unspecified atom stereocenters. The molecule has 0 aromatic carbocycles. The van der Waals surface area contributed by atoms with Crippen molar-refractivity contribution in [2.24, 2.45) is 17.8 Å². The number of thiazole rings is 1. The predicted octanol–water partition coefficient (Wildman–Crippen LogP) is 2.78. The summed E-state index contributed by atoms with van der Waals surface area (Å²) in [5.41, 5.74) is 0.768. The van der Waals surface area contributed by atoms with Gasteiger partial charge in [-0.25, -0.2) is 4.98 Å². The van der Waals surface area contributed by atoms with Crippen LogP contribution in [0.1, 0.15) is 49.1 Å². The van der Waals surface area contributed by atoms with E-state index in [0.717, 1.165) is 47.6 Å². The molecule has 1 aromatic heterocycles. The summed E-state index contributed by atoms with van der Waals surface area (Å²) in [4.78, 5) is 29.9. The summed E-state index contributed by atoms with van der Waals surface area (Å²) in [6.07, 6.45) is 7.10. The molecule has 0 atom stereocenters.